The predicted molar refractivity (Wildman–Crippen MR) is 65.5 cm³/mol. The molecule has 0 saturated heterocycles. The summed E-state index contributed by atoms with van der Waals surface area (Å²) in [7, 11) is 0. The van der Waals surface area contributed by atoms with Crippen molar-refractivity contribution in [3.63, 3.8) is 0 Å². The third kappa shape index (κ3) is 1.73. The van der Waals surface area contributed by atoms with Gasteiger partial charge in [-0.3, -0.25) is 0 Å². The van der Waals surface area contributed by atoms with E-state index in [4.69, 9.17) is 0 Å². The minimum atomic E-state index is 0.597. The van der Waals surface area contributed by atoms with Gasteiger partial charge in [-0.1, -0.05) is 24.3 Å². The molecule has 0 aliphatic carbocycles. The summed E-state index contributed by atoms with van der Waals surface area (Å²) in [6.45, 7) is 3.24. The molecule has 1 aromatic carbocycles. The quantitative estimate of drug-likeness (QED) is 0.550. The van der Waals surface area contributed by atoms with Gasteiger partial charge in [0.15, 0.2) is 0 Å². The predicted octanol–water partition coefficient (Wildman–Crippen LogP) is 2.44. The summed E-state index contributed by atoms with van der Waals surface area (Å²) in [5.74, 6) is 0.597. The van der Waals surface area contributed by atoms with Crippen LogP contribution in [-0.2, 0) is 6.42 Å². The van der Waals surface area contributed by atoms with E-state index in [-0.39, 0.29) is 0 Å². The molecule has 1 aliphatic heterocycles. The zero-order valence-corrected chi connectivity index (χ0v) is 9.34. The largest absolute Gasteiger partial charge is 0.711 e. The van der Waals surface area contributed by atoms with E-state index in [1.165, 1.54) is 11.8 Å². The Bertz CT molecular complexity index is 539. The lowest BCUT2D eigenvalue weighted by Gasteiger charge is -2.24. The van der Waals surface area contributed by atoms with Gasteiger partial charge < -0.3 is 5.21 Å². The number of rotatable bonds is 1. The van der Waals surface area contributed by atoms with Crippen LogP contribution in [0.2, 0.25) is 0 Å². The highest BCUT2D eigenvalue weighted by Crippen LogP contribution is 2.33. The highest BCUT2D eigenvalue weighted by Gasteiger charge is 2.27. The van der Waals surface area contributed by atoms with Gasteiger partial charge in [0.1, 0.15) is 5.69 Å². The molecule has 0 N–H and O–H groups in total. The number of aromatic nitrogens is 1. The Hall–Kier alpha value is -2.03. The first-order chi connectivity index (χ1) is 8.36. The Morgan fingerprint density at radius 1 is 1.12 bits per heavy atom. The summed E-state index contributed by atoms with van der Waals surface area (Å²) in [6.07, 6.45) is 3.33. The molecule has 3 heteroatoms. The van der Waals surface area contributed by atoms with Gasteiger partial charge in [-0.15, -0.1) is 0 Å². The maximum atomic E-state index is 11.8. The van der Waals surface area contributed by atoms with Gasteiger partial charge in [-0.05, 0) is 24.1 Å². The van der Waals surface area contributed by atoms with Crippen LogP contribution >= 0.6 is 0 Å². The lowest BCUT2D eigenvalue weighted by molar-refractivity contribution is -0.591. The number of hydrogen-bond acceptors (Lipinski definition) is 2. The van der Waals surface area contributed by atoms with Gasteiger partial charge in [0, 0.05) is 12.5 Å². The summed E-state index contributed by atoms with van der Waals surface area (Å²) in [6, 6.07) is 13.5. The van der Waals surface area contributed by atoms with Crippen LogP contribution in [-0.4, -0.2) is 0 Å². The van der Waals surface area contributed by atoms with E-state index in [1.54, 1.807) is 6.07 Å². The monoisotopic (exact) mass is 224 g/mol. The lowest BCUT2D eigenvalue weighted by Crippen LogP contribution is -2.35. The van der Waals surface area contributed by atoms with Crippen LogP contribution in [0.3, 0.4) is 0 Å². The molecule has 0 spiro atoms. The molecule has 0 unspecified atom stereocenters. The number of anilines is 2. The minimum Gasteiger partial charge on any atom is -0.711 e. The molecule has 1 aliphatic rings. The number of benzene rings is 1. The van der Waals surface area contributed by atoms with E-state index in [0.29, 0.717) is 5.82 Å². The van der Waals surface area contributed by atoms with Crippen molar-refractivity contribution in [2.75, 3.05) is 4.90 Å². The average molecular weight is 224 g/mol. The standard InChI is InChI=1S/C14H12N2O/c17-16-11-4-3-9-14(16)15-10-5-7-12-6-1-2-8-13(12)15/h1-4,6,8-9,11H,5,7H2. The Balaban J connectivity index is 2.09. The van der Waals surface area contributed by atoms with E-state index < -0.39 is 0 Å². The fraction of sp³-hybridized carbons (Fsp3) is 0.143. The molecule has 2 aromatic rings. The zero-order valence-electron chi connectivity index (χ0n) is 9.34. The first-order valence-corrected chi connectivity index (χ1v) is 5.66. The van der Waals surface area contributed by atoms with Crippen molar-refractivity contribution in [3.8, 4) is 0 Å². The molecule has 0 fully saturated rings. The van der Waals surface area contributed by atoms with Crippen LogP contribution in [0.4, 0.5) is 11.5 Å². The molecule has 3 rings (SSSR count). The normalized spacial score (nSPS) is 14.5. The van der Waals surface area contributed by atoms with Crippen LogP contribution in [0, 0.1) is 11.8 Å². The van der Waals surface area contributed by atoms with Crippen molar-refractivity contribution in [2.24, 2.45) is 0 Å². The number of para-hydroxylation sites is 1. The second kappa shape index (κ2) is 4.09. The second-order valence-electron chi connectivity index (χ2n) is 4.01. The Kier molecular flexibility index (Phi) is 2.44. The number of fused-ring (bicyclic) bond motifs is 1. The molecule has 3 nitrogen and oxygen atoms in total. The summed E-state index contributed by atoms with van der Waals surface area (Å²) in [4.78, 5) is 1.85. The smallest absolute Gasteiger partial charge is 0.285 e. The molecule has 0 atom stereocenters. The Morgan fingerprint density at radius 2 is 1.94 bits per heavy atom. The van der Waals surface area contributed by atoms with Crippen molar-refractivity contribution < 1.29 is 4.73 Å². The molecule has 0 amide bonds. The molecular formula is C14H12N2O. The SMILES string of the molecule is [O-][n+]1ccccc1N1[C]CCc2ccccc21. The van der Waals surface area contributed by atoms with Gasteiger partial charge in [-0.2, -0.15) is 0 Å². The molecule has 17 heavy (non-hydrogen) atoms. The van der Waals surface area contributed by atoms with Gasteiger partial charge >= 0.3 is 0 Å². The Morgan fingerprint density at radius 3 is 2.82 bits per heavy atom. The summed E-state index contributed by atoms with van der Waals surface area (Å²) < 4.78 is 0.870. The van der Waals surface area contributed by atoms with Gasteiger partial charge in [-0.25, -0.2) is 9.63 Å². The molecule has 84 valence electrons. The summed E-state index contributed by atoms with van der Waals surface area (Å²) >= 11 is 0. The molecule has 1 aromatic heterocycles. The van der Waals surface area contributed by atoms with Crippen LogP contribution in [0.15, 0.2) is 48.7 Å². The van der Waals surface area contributed by atoms with Gasteiger partial charge in [0.25, 0.3) is 5.82 Å². The maximum Gasteiger partial charge on any atom is 0.285 e. The van der Waals surface area contributed by atoms with Crippen LogP contribution in [0.5, 0.6) is 0 Å². The van der Waals surface area contributed by atoms with Crippen LogP contribution < -0.4 is 9.63 Å². The second-order valence-corrected chi connectivity index (χ2v) is 4.01. The highest BCUT2D eigenvalue weighted by atomic mass is 16.5. The van der Waals surface area contributed by atoms with E-state index in [1.807, 2.05) is 35.2 Å². The first-order valence-electron chi connectivity index (χ1n) is 5.66. The fourth-order valence-electron chi connectivity index (χ4n) is 2.12. The van der Waals surface area contributed by atoms with Crippen molar-refractivity contribution in [1.29, 1.82) is 0 Å². The molecule has 0 bridgehead atoms. The lowest BCUT2D eigenvalue weighted by atomic mass is 10.0. The Labute approximate surface area is 101 Å². The van der Waals surface area contributed by atoms with Crippen molar-refractivity contribution in [3.05, 3.63) is 66.0 Å². The molecule has 2 heterocycles. The number of hydrogen-bond donors (Lipinski definition) is 0. The third-order valence-corrected chi connectivity index (χ3v) is 2.93. The number of pyridine rings is 1. The zero-order chi connectivity index (χ0) is 11.7. The summed E-state index contributed by atoms with van der Waals surface area (Å²) in [5, 5.41) is 11.8. The number of aryl methyl sites for hydroxylation is 1. The molecular weight excluding hydrogens is 212 g/mol. The van der Waals surface area contributed by atoms with E-state index in [9.17, 15) is 5.21 Å². The van der Waals surface area contributed by atoms with E-state index >= 15 is 0 Å². The fourth-order valence-corrected chi connectivity index (χ4v) is 2.12. The minimum absolute atomic E-state index is 0.597. The van der Waals surface area contributed by atoms with Gasteiger partial charge in [0.2, 0.25) is 6.54 Å². The average Bonchev–Trinajstić information content (AvgIpc) is 2.39. The van der Waals surface area contributed by atoms with Gasteiger partial charge in [0.05, 0.1) is 6.20 Å². The van der Waals surface area contributed by atoms with E-state index in [0.717, 1.165) is 23.3 Å². The maximum absolute atomic E-state index is 11.8. The van der Waals surface area contributed by atoms with Crippen LogP contribution in [0.25, 0.3) is 0 Å². The molecule has 2 radical (unpaired) electrons. The summed E-state index contributed by atoms with van der Waals surface area (Å²) in [5.41, 5.74) is 2.31. The van der Waals surface area contributed by atoms with Crippen molar-refractivity contribution >= 4 is 11.5 Å². The number of nitrogens with zero attached hydrogens (tertiary/aromatic N) is 2. The van der Waals surface area contributed by atoms with Crippen molar-refractivity contribution in [1.82, 2.24) is 0 Å². The van der Waals surface area contributed by atoms with E-state index in [2.05, 4.69) is 12.6 Å². The highest BCUT2D eigenvalue weighted by molar-refractivity contribution is 5.65. The van der Waals surface area contributed by atoms with Crippen LogP contribution in [0.1, 0.15) is 12.0 Å². The molecule has 0 saturated carbocycles. The third-order valence-electron chi connectivity index (χ3n) is 2.93. The topological polar surface area (TPSA) is 30.2 Å². The van der Waals surface area contributed by atoms with Crippen molar-refractivity contribution in [2.45, 2.75) is 12.8 Å². The first kappa shape index (κ1) is 10.1.